The Morgan fingerprint density at radius 1 is 1.00 bits per heavy atom. The topological polar surface area (TPSA) is 54.9 Å². The number of hydrogen-bond donors (Lipinski definition) is 1. The first-order valence-electron chi connectivity index (χ1n) is 7.05. The molecule has 0 aliphatic heterocycles. The molecule has 0 saturated heterocycles. The number of amides is 1. The molecule has 3 rings (SSSR count). The average Bonchev–Trinajstić information content (AvgIpc) is 3.03. The van der Waals surface area contributed by atoms with Gasteiger partial charge in [0.05, 0.1) is 0 Å². The van der Waals surface area contributed by atoms with Crippen molar-refractivity contribution in [3.05, 3.63) is 65.2 Å². The average molecular weight is 309 g/mol. The van der Waals surface area contributed by atoms with Gasteiger partial charge in [0.2, 0.25) is 5.13 Å². The van der Waals surface area contributed by atoms with E-state index in [1.54, 1.807) is 0 Å². The Labute approximate surface area is 132 Å². The molecule has 1 amide bonds. The fourth-order valence-corrected chi connectivity index (χ4v) is 2.74. The van der Waals surface area contributed by atoms with Crippen molar-refractivity contribution >= 4 is 22.4 Å². The number of aryl methyl sites for hydroxylation is 1. The minimum atomic E-state index is -0.168. The highest BCUT2D eigenvalue weighted by molar-refractivity contribution is 7.15. The van der Waals surface area contributed by atoms with Gasteiger partial charge >= 0.3 is 0 Å². The van der Waals surface area contributed by atoms with Gasteiger partial charge in [-0.1, -0.05) is 60.7 Å². The van der Waals surface area contributed by atoms with Crippen molar-refractivity contribution in [3.63, 3.8) is 0 Å². The normalized spacial score (nSPS) is 10.4. The summed E-state index contributed by atoms with van der Waals surface area (Å²) >= 11 is 1.40. The first-order chi connectivity index (χ1) is 10.8. The van der Waals surface area contributed by atoms with Gasteiger partial charge in [-0.2, -0.15) is 0 Å². The monoisotopic (exact) mass is 309 g/mol. The van der Waals surface area contributed by atoms with Crippen LogP contribution in [0.1, 0.15) is 22.3 Å². The maximum absolute atomic E-state index is 12.2. The van der Waals surface area contributed by atoms with Crippen molar-refractivity contribution < 1.29 is 4.79 Å². The second-order valence-corrected chi connectivity index (χ2v) is 5.81. The van der Waals surface area contributed by atoms with Crippen LogP contribution < -0.4 is 5.32 Å². The van der Waals surface area contributed by atoms with E-state index in [1.807, 2.05) is 61.5 Å². The third kappa shape index (κ3) is 3.20. The number of carbonyl (C=O) groups is 1. The first kappa shape index (κ1) is 14.4. The Kier molecular flexibility index (Phi) is 4.25. The molecular formula is C17H15N3OS. The van der Waals surface area contributed by atoms with E-state index in [1.165, 1.54) is 11.3 Å². The van der Waals surface area contributed by atoms with Gasteiger partial charge in [-0.25, -0.2) is 0 Å². The predicted molar refractivity (Wildman–Crippen MR) is 89.1 cm³/mol. The molecule has 2 aromatic carbocycles. The number of anilines is 1. The molecule has 1 N–H and O–H groups in total. The van der Waals surface area contributed by atoms with E-state index in [9.17, 15) is 4.79 Å². The summed E-state index contributed by atoms with van der Waals surface area (Å²) in [6.07, 6.45) is 0.819. The van der Waals surface area contributed by atoms with Gasteiger partial charge in [0.15, 0.2) is 0 Å². The van der Waals surface area contributed by atoms with Crippen LogP contribution >= 0.6 is 11.3 Å². The van der Waals surface area contributed by atoms with Crippen molar-refractivity contribution in [3.8, 4) is 11.1 Å². The van der Waals surface area contributed by atoms with Crippen LogP contribution in [0.3, 0.4) is 0 Å². The van der Waals surface area contributed by atoms with E-state index in [2.05, 4.69) is 15.5 Å². The number of nitrogens with one attached hydrogen (secondary N) is 1. The molecule has 0 radical (unpaired) electrons. The van der Waals surface area contributed by atoms with Crippen molar-refractivity contribution in [2.75, 3.05) is 5.32 Å². The quantitative estimate of drug-likeness (QED) is 0.792. The van der Waals surface area contributed by atoms with Gasteiger partial charge in [0.1, 0.15) is 5.01 Å². The molecule has 3 aromatic rings. The Bertz CT molecular complexity index is 766. The van der Waals surface area contributed by atoms with Crippen LogP contribution in [0.2, 0.25) is 0 Å². The SMILES string of the molecule is CCc1nnc(NC(=O)c2ccc(-c3ccccc3)cc2)s1. The lowest BCUT2D eigenvalue weighted by molar-refractivity contribution is 0.102. The van der Waals surface area contributed by atoms with E-state index in [0.29, 0.717) is 10.7 Å². The smallest absolute Gasteiger partial charge is 0.257 e. The van der Waals surface area contributed by atoms with E-state index < -0.39 is 0 Å². The van der Waals surface area contributed by atoms with Gasteiger partial charge < -0.3 is 0 Å². The summed E-state index contributed by atoms with van der Waals surface area (Å²) in [5.41, 5.74) is 2.82. The zero-order chi connectivity index (χ0) is 15.4. The molecule has 1 heterocycles. The molecule has 0 spiro atoms. The number of rotatable bonds is 4. The highest BCUT2D eigenvalue weighted by Gasteiger charge is 2.09. The largest absolute Gasteiger partial charge is 0.296 e. The van der Waals surface area contributed by atoms with Gasteiger partial charge in [-0.3, -0.25) is 10.1 Å². The predicted octanol–water partition coefficient (Wildman–Crippen LogP) is 4.02. The summed E-state index contributed by atoms with van der Waals surface area (Å²) in [5.74, 6) is -0.168. The van der Waals surface area contributed by atoms with Crippen LogP contribution in [0.5, 0.6) is 0 Å². The summed E-state index contributed by atoms with van der Waals surface area (Å²) < 4.78 is 0. The standard InChI is InChI=1S/C17H15N3OS/c1-2-15-19-20-17(22-15)18-16(21)14-10-8-13(9-11-14)12-6-4-3-5-7-12/h3-11H,2H2,1H3,(H,18,20,21). The Morgan fingerprint density at radius 2 is 1.68 bits per heavy atom. The molecule has 0 saturated carbocycles. The lowest BCUT2D eigenvalue weighted by Crippen LogP contribution is -2.11. The lowest BCUT2D eigenvalue weighted by Gasteiger charge is -2.04. The van der Waals surface area contributed by atoms with E-state index >= 15 is 0 Å². The zero-order valence-corrected chi connectivity index (χ0v) is 12.9. The third-order valence-electron chi connectivity index (χ3n) is 3.24. The molecule has 22 heavy (non-hydrogen) atoms. The number of benzene rings is 2. The fourth-order valence-electron chi connectivity index (χ4n) is 2.06. The highest BCUT2D eigenvalue weighted by atomic mass is 32.1. The number of aromatic nitrogens is 2. The van der Waals surface area contributed by atoms with Gasteiger partial charge in [-0.15, -0.1) is 10.2 Å². The van der Waals surface area contributed by atoms with Crippen molar-refractivity contribution in [1.82, 2.24) is 10.2 Å². The molecule has 0 bridgehead atoms. The fraction of sp³-hybridized carbons (Fsp3) is 0.118. The number of hydrogen-bond acceptors (Lipinski definition) is 4. The lowest BCUT2D eigenvalue weighted by atomic mass is 10.0. The van der Waals surface area contributed by atoms with Gasteiger partial charge in [0, 0.05) is 5.56 Å². The second kappa shape index (κ2) is 6.49. The molecule has 0 atom stereocenters. The molecular weight excluding hydrogens is 294 g/mol. The van der Waals surface area contributed by atoms with Crippen LogP contribution in [-0.4, -0.2) is 16.1 Å². The highest BCUT2D eigenvalue weighted by Crippen LogP contribution is 2.20. The summed E-state index contributed by atoms with van der Waals surface area (Å²) in [6.45, 7) is 2.01. The molecule has 0 fully saturated rings. The molecule has 4 nitrogen and oxygen atoms in total. The summed E-state index contributed by atoms with van der Waals surface area (Å²) in [4.78, 5) is 12.2. The first-order valence-corrected chi connectivity index (χ1v) is 7.87. The van der Waals surface area contributed by atoms with Crippen molar-refractivity contribution in [2.45, 2.75) is 13.3 Å². The summed E-state index contributed by atoms with van der Waals surface area (Å²) in [6, 6.07) is 17.6. The van der Waals surface area contributed by atoms with E-state index in [-0.39, 0.29) is 5.91 Å². The number of carbonyl (C=O) groups excluding carboxylic acids is 1. The third-order valence-corrected chi connectivity index (χ3v) is 4.23. The van der Waals surface area contributed by atoms with Crippen LogP contribution in [0.15, 0.2) is 54.6 Å². The second-order valence-electron chi connectivity index (χ2n) is 4.75. The molecule has 110 valence electrons. The van der Waals surface area contributed by atoms with Gasteiger partial charge in [0.25, 0.3) is 5.91 Å². The minimum absolute atomic E-state index is 0.168. The van der Waals surface area contributed by atoms with Crippen LogP contribution in [0, 0.1) is 0 Å². The van der Waals surface area contributed by atoms with E-state index in [0.717, 1.165) is 22.6 Å². The maximum Gasteiger partial charge on any atom is 0.257 e. The molecule has 5 heteroatoms. The minimum Gasteiger partial charge on any atom is -0.296 e. The summed E-state index contributed by atoms with van der Waals surface area (Å²) in [5, 5.41) is 12.2. The maximum atomic E-state index is 12.2. The molecule has 0 aliphatic carbocycles. The van der Waals surface area contributed by atoms with Crippen LogP contribution in [-0.2, 0) is 6.42 Å². The van der Waals surface area contributed by atoms with Gasteiger partial charge in [-0.05, 0) is 29.7 Å². The Balaban J connectivity index is 1.73. The van der Waals surface area contributed by atoms with Crippen molar-refractivity contribution in [2.24, 2.45) is 0 Å². The summed E-state index contributed by atoms with van der Waals surface area (Å²) in [7, 11) is 0. The Morgan fingerprint density at radius 3 is 2.32 bits per heavy atom. The molecule has 0 unspecified atom stereocenters. The molecule has 1 aromatic heterocycles. The van der Waals surface area contributed by atoms with Crippen molar-refractivity contribution in [1.29, 1.82) is 0 Å². The Hall–Kier alpha value is -2.53. The zero-order valence-electron chi connectivity index (χ0n) is 12.1. The number of nitrogens with zero attached hydrogens (tertiary/aromatic N) is 2. The van der Waals surface area contributed by atoms with E-state index in [4.69, 9.17) is 0 Å². The van der Waals surface area contributed by atoms with Crippen LogP contribution in [0.4, 0.5) is 5.13 Å². The van der Waals surface area contributed by atoms with Crippen LogP contribution in [0.25, 0.3) is 11.1 Å². The molecule has 0 aliphatic rings.